The van der Waals surface area contributed by atoms with Gasteiger partial charge in [0.05, 0.1) is 24.2 Å². The van der Waals surface area contributed by atoms with Gasteiger partial charge < -0.3 is 9.47 Å². The summed E-state index contributed by atoms with van der Waals surface area (Å²) in [6.45, 7) is 12.7. The largest absolute Gasteiger partial charge is 0.349 e. The average Bonchev–Trinajstić information content (AvgIpc) is 2.99. The van der Waals surface area contributed by atoms with Crippen molar-refractivity contribution >= 4 is 0 Å². The molecule has 6 atom stereocenters. The van der Waals surface area contributed by atoms with Gasteiger partial charge in [-0.15, -0.1) is 0 Å². The van der Waals surface area contributed by atoms with Crippen LogP contribution in [0.4, 0.5) is 0 Å². The summed E-state index contributed by atoms with van der Waals surface area (Å²) in [5, 5.41) is 0. The molecule has 1 aliphatic heterocycles. The molecule has 4 heteroatoms. The molecule has 0 aromatic carbocycles. The van der Waals surface area contributed by atoms with Crippen LogP contribution in [0.25, 0.3) is 0 Å². The number of hydrogen-bond donors (Lipinski definition) is 0. The minimum absolute atomic E-state index is 0.133. The molecule has 5 aliphatic rings. The molecule has 0 aromatic heterocycles. The molecule has 0 amide bonds. The normalized spacial score (nSPS) is 45.4. The van der Waals surface area contributed by atoms with Crippen molar-refractivity contribution in [3.05, 3.63) is 11.6 Å². The van der Waals surface area contributed by atoms with Crippen LogP contribution >= 0.6 is 0 Å². The van der Waals surface area contributed by atoms with Gasteiger partial charge in [-0.25, -0.2) is 9.78 Å². The molecule has 1 heterocycles. The molecular formula is C26H42O4. The Hall–Kier alpha value is -0.420. The molecule has 0 N–H and O–H groups in total. The zero-order valence-corrected chi connectivity index (χ0v) is 19.8. The van der Waals surface area contributed by atoms with Crippen LogP contribution in [0.15, 0.2) is 11.6 Å². The van der Waals surface area contributed by atoms with Crippen LogP contribution in [0.5, 0.6) is 0 Å². The van der Waals surface area contributed by atoms with Crippen LogP contribution < -0.4 is 0 Å². The summed E-state index contributed by atoms with van der Waals surface area (Å²) in [6.07, 6.45) is 13.6. The van der Waals surface area contributed by atoms with E-state index in [9.17, 15) is 0 Å². The maximum atomic E-state index is 6.49. The molecule has 3 saturated carbocycles. The van der Waals surface area contributed by atoms with E-state index in [1.807, 2.05) is 0 Å². The molecule has 0 radical (unpaired) electrons. The lowest BCUT2D eigenvalue weighted by molar-refractivity contribution is -0.413. The first kappa shape index (κ1) is 21.4. The predicted octanol–water partition coefficient (Wildman–Crippen LogP) is 6.20. The Morgan fingerprint density at radius 2 is 1.70 bits per heavy atom. The quantitative estimate of drug-likeness (QED) is 0.304. The van der Waals surface area contributed by atoms with Crippen molar-refractivity contribution in [3.63, 3.8) is 0 Å². The topological polar surface area (TPSA) is 36.9 Å². The van der Waals surface area contributed by atoms with Crippen LogP contribution in [-0.4, -0.2) is 30.7 Å². The van der Waals surface area contributed by atoms with E-state index in [2.05, 4.69) is 40.7 Å². The second-order valence-electron chi connectivity index (χ2n) is 12.1. The lowest BCUT2D eigenvalue weighted by Crippen LogP contribution is -2.61. The van der Waals surface area contributed by atoms with Crippen LogP contribution in [-0.2, 0) is 19.2 Å². The first-order chi connectivity index (χ1) is 14.2. The molecule has 0 bridgehead atoms. The Morgan fingerprint density at radius 3 is 2.43 bits per heavy atom. The second-order valence-corrected chi connectivity index (χ2v) is 12.1. The van der Waals surface area contributed by atoms with E-state index in [1.54, 1.807) is 5.57 Å². The monoisotopic (exact) mass is 418 g/mol. The third-order valence-corrected chi connectivity index (χ3v) is 9.43. The Balaban J connectivity index is 1.57. The minimum Gasteiger partial charge on any atom is -0.349 e. The molecule has 0 aromatic rings. The van der Waals surface area contributed by atoms with Gasteiger partial charge in [-0.1, -0.05) is 38.3 Å². The van der Waals surface area contributed by atoms with Crippen molar-refractivity contribution in [2.24, 2.45) is 28.6 Å². The summed E-state index contributed by atoms with van der Waals surface area (Å²) in [6, 6.07) is 0. The van der Waals surface area contributed by atoms with Gasteiger partial charge in [0.1, 0.15) is 6.10 Å². The van der Waals surface area contributed by atoms with E-state index in [0.29, 0.717) is 17.3 Å². The Labute approximate surface area is 183 Å². The van der Waals surface area contributed by atoms with Crippen molar-refractivity contribution in [2.45, 2.75) is 110 Å². The molecular weight excluding hydrogens is 376 g/mol. The van der Waals surface area contributed by atoms with Crippen LogP contribution in [0.1, 0.15) is 92.4 Å². The van der Waals surface area contributed by atoms with E-state index < -0.39 is 5.79 Å². The maximum absolute atomic E-state index is 6.49. The first-order valence-corrected chi connectivity index (χ1v) is 12.5. The van der Waals surface area contributed by atoms with E-state index >= 15 is 0 Å². The lowest BCUT2D eigenvalue weighted by atomic mass is 9.48. The molecule has 6 unspecified atom stereocenters. The van der Waals surface area contributed by atoms with Gasteiger partial charge in [0.15, 0.2) is 5.79 Å². The fraction of sp³-hybridized carbons (Fsp3) is 0.923. The zero-order chi connectivity index (χ0) is 21.2. The number of allylic oxidation sites excluding steroid dienone is 1. The molecule has 1 saturated heterocycles. The standard InChI is InChI=1S/C26H42O4/c1-23(2,3)30-29-22-17-21-19(11-10-18-9-6-7-13-24(18,21)4)20-12-14-26(25(20,22)5)27-15-8-16-28-26/h17-20,22H,6-16H2,1-5H3. The third kappa shape index (κ3) is 3.08. The third-order valence-electron chi connectivity index (χ3n) is 9.43. The molecule has 4 fully saturated rings. The molecule has 4 nitrogen and oxygen atoms in total. The highest BCUT2D eigenvalue weighted by Crippen LogP contribution is 2.68. The fourth-order valence-corrected chi connectivity index (χ4v) is 7.87. The van der Waals surface area contributed by atoms with E-state index in [1.165, 1.54) is 38.5 Å². The lowest BCUT2D eigenvalue weighted by Gasteiger charge is -2.59. The molecule has 1 spiro atoms. The van der Waals surface area contributed by atoms with Crippen molar-refractivity contribution in [1.82, 2.24) is 0 Å². The van der Waals surface area contributed by atoms with Crippen molar-refractivity contribution in [3.8, 4) is 0 Å². The predicted molar refractivity (Wildman–Crippen MR) is 117 cm³/mol. The smallest absolute Gasteiger partial charge is 0.176 e. The number of rotatable bonds is 2. The summed E-state index contributed by atoms with van der Waals surface area (Å²) >= 11 is 0. The second kappa shape index (κ2) is 7.30. The summed E-state index contributed by atoms with van der Waals surface area (Å²) < 4.78 is 13.0. The summed E-state index contributed by atoms with van der Waals surface area (Å²) in [5.41, 5.74) is 1.45. The molecule has 5 rings (SSSR count). The average molecular weight is 419 g/mol. The van der Waals surface area contributed by atoms with Gasteiger partial charge in [0.2, 0.25) is 0 Å². The zero-order valence-electron chi connectivity index (χ0n) is 19.8. The number of fused-ring (bicyclic) bond motifs is 6. The van der Waals surface area contributed by atoms with Crippen LogP contribution in [0.3, 0.4) is 0 Å². The fourth-order valence-electron chi connectivity index (χ4n) is 7.87. The molecule has 170 valence electrons. The first-order valence-electron chi connectivity index (χ1n) is 12.5. The highest BCUT2D eigenvalue weighted by Gasteiger charge is 2.69. The van der Waals surface area contributed by atoms with Crippen molar-refractivity contribution in [2.75, 3.05) is 13.2 Å². The van der Waals surface area contributed by atoms with Crippen LogP contribution in [0, 0.1) is 28.6 Å². The Kier molecular flexibility index (Phi) is 5.21. The van der Waals surface area contributed by atoms with Gasteiger partial charge in [0, 0.05) is 6.42 Å². The van der Waals surface area contributed by atoms with Gasteiger partial charge in [-0.05, 0) is 82.5 Å². The van der Waals surface area contributed by atoms with Crippen molar-refractivity contribution < 1.29 is 19.2 Å². The molecule has 30 heavy (non-hydrogen) atoms. The summed E-state index contributed by atoms with van der Waals surface area (Å²) in [5.74, 6) is 1.47. The SMILES string of the molecule is CC(C)(C)OOC1C=C2C(CCC3CCCCC23C)C2CCC3(OCCCO3)C12C. The maximum Gasteiger partial charge on any atom is 0.176 e. The highest BCUT2D eigenvalue weighted by atomic mass is 17.2. The summed E-state index contributed by atoms with van der Waals surface area (Å²) in [7, 11) is 0. The number of hydrogen-bond acceptors (Lipinski definition) is 4. The number of ether oxygens (including phenoxy) is 2. The van der Waals surface area contributed by atoms with E-state index in [-0.39, 0.29) is 17.1 Å². The van der Waals surface area contributed by atoms with E-state index in [0.717, 1.165) is 38.4 Å². The Bertz CT molecular complexity index is 688. The van der Waals surface area contributed by atoms with Gasteiger partial charge >= 0.3 is 0 Å². The van der Waals surface area contributed by atoms with Gasteiger partial charge in [-0.2, -0.15) is 0 Å². The van der Waals surface area contributed by atoms with Crippen LogP contribution in [0.2, 0.25) is 0 Å². The van der Waals surface area contributed by atoms with E-state index in [4.69, 9.17) is 19.2 Å². The van der Waals surface area contributed by atoms with Gasteiger partial charge in [-0.3, -0.25) is 0 Å². The summed E-state index contributed by atoms with van der Waals surface area (Å²) in [4.78, 5) is 12.3. The van der Waals surface area contributed by atoms with Crippen molar-refractivity contribution in [1.29, 1.82) is 0 Å². The van der Waals surface area contributed by atoms with Gasteiger partial charge in [0.25, 0.3) is 0 Å². The molecule has 4 aliphatic carbocycles. The Morgan fingerprint density at radius 1 is 0.933 bits per heavy atom. The highest BCUT2D eigenvalue weighted by molar-refractivity contribution is 5.32. The minimum atomic E-state index is -0.534.